The van der Waals surface area contributed by atoms with Gasteiger partial charge in [0, 0.05) is 24.6 Å². The Hall–Kier alpha value is -2.77. The summed E-state index contributed by atoms with van der Waals surface area (Å²) in [6, 6.07) is 4.76. The largest absolute Gasteiger partial charge is 0.345 e. The van der Waals surface area contributed by atoms with Crippen LogP contribution in [0.25, 0.3) is 0 Å². The Morgan fingerprint density at radius 1 is 1.48 bits per heavy atom. The molecule has 1 amide bonds. The summed E-state index contributed by atoms with van der Waals surface area (Å²) in [5.74, 6) is 0.276. The van der Waals surface area contributed by atoms with Crippen LogP contribution in [0.4, 0.5) is 5.69 Å². The first-order chi connectivity index (χ1) is 10.0. The molecule has 2 N–H and O–H groups in total. The van der Waals surface area contributed by atoms with Gasteiger partial charge in [-0.05, 0) is 12.5 Å². The minimum atomic E-state index is -0.441. The van der Waals surface area contributed by atoms with E-state index in [1.54, 1.807) is 19.1 Å². The third-order valence-corrected chi connectivity index (χ3v) is 3.12. The monoisotopic (exact) mass is 289 g/mol. The zero-order valence-corrected chi connectivity index (χ0v) is 11.7. The fourth-order valence-electron chi connectivity index (χ4n) is 1.87. The Morgan fingerprint density at radius 3 is 2.86 bits per heavy atom. The van der Waals surface area contributed by atoms with Crippen LogP contribution in [-0.2, 0) is 13.0 Å². The number of benzene rings is 1. The fraction of sp³-hybridized carbons (Fsp3) is 0.308. The lowest BCUT2D eigenvalue weighted by atomic mass is 10.1. The number of H-pyrrole nitrogens is 1. The lowest BCUT2D eigenvalue weighted by Crippen LogP contribution is -2.24. The Morgan fingerprint density at radius 2 is 2.24 bits per heavy atom. The van der Waals surface area contributed by atoms with Crippen LogP contribution in [0.1, 0.15) is 34.5 Å². The van der Waals surface area contributed by atoms with Crippen LogP contribution < -0.4 is 5.32 Å². The first-order valence-corrected chi connectivity index (χ1v) is 6.45. The smallest absolute Gasteiger partial charge is 0.291 e. The van der Waals surface area contributed by atoms with Crippen molar-refractivity contribution in [3.8, 4) is 0 Å². The maximum Gasteiger partial charge on any atom is 0.291 e. The maximum absolute atomic E-state index is 11.9. The van der Waals surface area contributed by atoms with Crippen LogP contribution in [0.15, 0.2) is 18.2 Å². The van der Waals surface area contributed by atoms with E-state index in [4.69, 9.17) is 0 Å². The molecule has 2 aromatic rings. The molecule has 0 saturated heterocycles. The molecule has 1 heterocycles. The molecule has 0 unspecified atom stereocenters. The van der Waals surface area contributed by atoms with Gasteiger partial charge in [-0.2, -0.15) is 0 Å². The average molecular weight is 289 g/mol. The normalized spacial score (nSPS) is 10.4. The number of nitro groups is 1. The number of nitro benzene ring substituents is 1. The second kappa shape index (κ2) is 6.12. The van der Waals surface area contributed by atoms with Gasteiger partial charge in [-0.15, -0.1) is 5.10 Å². The van der Waals surface area contributed by atoms with E-state index in [1.165, 1.54) is 6.07 Å². The van der Waals surface area contributed by atoms with Crippen molar-refractivity contribution in [1.82, 2.24) is 20.5 Å². The van der Waals surface area contributed by atoms with Crippen LogP contribution in [0.2, 0.25) is 0 Å². The van der Waals surface area contributed by atoms with E-state index in [9.17, 15) is 14.9 Å². The number of amides is 1. The second-order valence-corrected chi connectivity index (χ2v) is 4.46. The third kappa shape index (κ3) is 3.22. The minimum Gasteiger partial charge on any atom is -0.345 e. The molecular formula is C13H15N5O3. The van der Waals surface area contributed by atoms with Crippen molar-refractivity contribution in [2.75, 3.05) is 0 Å². The van der Waals surface area contributed by atoms with Gasteiger partial charge in [-0.1, -0.05) is 19.1 Å². The van der Waals surface area contributed by atoms with Crippen LogP contribution in [0, 0.1) is 17.0 Å². The Kier molecular flexibility index (Phi) is 4.27. The Labute approximate surface area is 120 Å². The van der Waals surface area contributed by atoms with Gasteiger partial charge in [0.15, 0.2) is 0 Å². The molecular weight excluding hydrogens is 274 g/mol. The molecule has 0 saturated carbocycles. The molecule has 0 bridgehead atoms. The average Bonchev–Trinajstić information content (AvgIpc) is 2.94. The van der Waals surface area contributed by atoms with E-state index in [0.29, 0.717) is 23.4 Å². The van der Waals surface area contributed by atoms with E-state index < -0.39 is 10.8 Å². The van der Waals surface area contributed by atoms with Gasteiger partial charge < -0.3 is 5.32 Å². The van der Waals surface area contributed by atoms with Gasteiger partial charge in [0.1, 0.15) is 5.82 Å². The number of hydrogen-bond acceptors (Lipinski definition) is 5. The van der Waals surface area contributed by atoms with Crippen molar-refractivity contribution in [3.63, 3.8) is 0 Å². The van der Waals surface area contributed by atoms with E-state index in [0.717, 1.165) is 0 Å². The zero-order chi connectivity index (χ0) is 15.4. The predicted molar refractivity (Wildman–Crippen MR) is 74.8 cm³/mol. The Balaban J connectivity index is 2.08. The summed E-state index contributed by atoms with van der Waals surface area (Å²) >= 11 is 0. The molecule has 0 spiro atoms. The first kappa shape index (κ1) is 14.6. The lowest BCUT2D eigenvalue weighted by Gasteiger charge is -2.06. The third-order valence-electron chi connectivity index (χ3n) is 3.12. The standard InChI is InChI=1S/C13H15N5O3/c1-3-11-15-12(17-16-11)13(19)14-7-9-5-4-6-10(8(9)2)18(20)21/h4-6H,3,7H2,1-2H3,(H,14,19)(H,15,16,17). The quantitative estimate of drug-likeness (QED) is 0.639. The summed E-state index contributed by atoms with van der Waals surface area (Å²) in [5, 5.41) is 20.0. The van der Waals surface area contributed by atoms with E-state index in [-0.39, 0.29) is 18.1 Å². The van der Waals surface area contributed by atoms with Crippen LogP contribution in [0.5, 0.6) is 0 Å². The topological polar surface area (TPSA) is 114 Å². The molecule has 0 radical (unpaired) electrons. The Bertz CT molecular complexity index is 680. The van der Waals surface area contributed by atoms with Gasteiger partial charge in [0.2, 0.25) is 5.82 Å². The molecule has 21 heavy (non-hydrogen) atoms. The van der Waals surface area contributed by atoms with Gasteiger partial charge in [-0.25, -0.2) is 4.98 Å². The number of nitrogens with one attached hydrogen (secondary N) is 2. The number of carbonyl (C=O) groups excluding carboxylic acids is 1. The fourth-order valence-corrected chi connectivity index (χ4v) is 1.87. The molecule has 1 aromatic carbocycles. The molecule has 0 atom stereocenters. The molecule has 2 rings (SSSR count). The number of aryl methyl sites for hydroxylation is 1. The van der Waals surface area contributed by atoms with E-state index in [1.807, 2.05) is 6.92 Å². The van der Waals surface area contributed by atoms with E-state index in [2.05, 4.69) is 20.5 Å². The summed E-state index contributed by atoms with van der Waals surface area (Å²) < 4.78 is 0. The SMILES string of the molecule is CCc1nc(C(=O)NCc2cccc([N+](=O)[O-])c2C)n[nH]1. The second-order valence-electron chi connectivity index (χ2n) is 4.46. The van der Waals surface area contributed by atoms with Crippen molar-refractivity contribution >= 4 is 11.6 Å². The summed E-state index contributed by atoms with van der Waals surface area (Å²) in [5.41, 5.74) is 1.25. The van der Waals surface area contributed by atoms with Crippen molar-refractivity contribution in [3.05, 3.63) is 51.1 Å². The number of hydrogen-bond donors (Lipinski definition) is 2. The van der Waals surface area contributed by atoms with Crippen molar-refractivity contribution in [1.29, 1.82) is 0 Å². The highest BCUT2D eigenvalue weighted by Crippen LogP contribution is 2.20. The van der Waals surface area contributed by atoms with E-state index >= 15 is 0 Å². The first-order valence-electron chi connectivity index (χ1n) is 6.45. The maximum atomic E-state index is 11.9. The van der Waals surface area contributed by atoms with Gasteiger partial charge in [-0.3, -0.25) is 20.0 Å². The molecule has 1 aromatic heterocycles. The van der Waals surface area contributed by atoms with Gasteiger partial charge in [0.25, 0.3) is 11.6 Å². The molecule has 0 aliphatic heterocycles. The molecule has 110 valence electrons. The van der Waals surface area contributed by atoms with Crippen LogP contribution in [-0.4, -0.2) is 26.0 Å². The van der Waals surface area contributed by atoms with Crippen LogP contribution >= 0.6 is 0 Å². The number of carbonyl (C=O) groups is 1. The minimum absolute atomic E-state index is 0.0351. The van der Waals surface area contributed by atoms with Gasteiger partial charge in [0.05, 0.1) is 4.92 Å². The summed E-state index contributed by atoms with van der Waals surface area (Å²) in [7, 11) is 0. The molecule has 8 heteroatoms. The number of nitrogens with zero attached hydrogens (tertiary/aromatic N) is 3. The lowest BCUT2D eigenvalue weighted by molar-refractivity contribution is -0.385. The number of aromatic amines is 1. The molecule has 0 aliphatic carbocycles. The highest BCUT2D eigenvalue weighted by molar-refractivity contribution is 5.90. The van der Waals surface area contributed by atoms with Crippen molar-refractivity contribution < 1.29 is 9.72 Å². The molecule has 0 fully saturated rings. The summed E-state index contributed by atoms with van der Waals surface area (Å²) in [6.07, 6.45) is 0.657. The zero-order valence-electron chi connectivity index (χ0n) is 11.7. The number of aromatic nitrogens is 3. The summed E-state index contributed by atoms with van der Waals surface area (Å²) in [4.78, 5) is 26.3. The van der Waals surface area contributed by atoms with Crippen molar-refractivity contribution in [2.24, 2.45) is 0 Å². The van der Waals surface area contributed by atoms with Crippen LogP contribution in [0.3, 0.4) is 0 Å². The highest BCUT2D eigenvalue weighted by Gasteiger charge is 2.15. The van der Waals surface area contributed by atoms with Gasteiger partial charge >= 0.3 is 0 Å². The number of rotatable bonds is 5. The highest BCUT2D eigenvalue weighted by atomic mass is 16.6. The predicted octanol–water partition coefficient (Wildman–Crippen LogP) is 1.51. The molecule has 8 nitrogen and oxygen atoms in total. The van der Waals surface area contributed by atoms with Crippen molar-refractivity contribution in [2.45, 2.75) is 26.8 Å². The summed E-state index contributed by atoms with van der Waals surface area (Å²) in [6.45, 7) is 3.73. The molecule has 0 aliphatic rings.